The zero-order valence-electron chi connectivity index (χ0n) is 10.2. The molecule has 1 aromatic carbocycles. The molecule has 1 rings (SSSR count). The molecule has 0 aliphatic carbocycles. The first-order chi connectivity index (χ1) is 7.72. The summed E-state index contributed by atoms with van der Waals surface area (Å²) in [5.74, 6) is 0.876. The molecule has 0 aliphatic rings. The first-order valence-corrected chi connectivity index (χ1v) is 5.95. The average Bonchev–Trinajstić information content (AvgIpc) is 2.30. The molecule has 0 aromatic heterocycles. The number of aliphatic hydroxyl groups excluding tert-OH is 1. The van der Waals surface area contributed by atoms with Crippen LogP contribution in [-0.4, -0.2) is 18.3 Å². The second kappa shape index (κ2) is 7.42. The molecule has 90 valence electrons. The maximum atomic E-state index is 8.95. The molecule has 16 heavy (non-hydrogen) atoms. The zero-order valence-corrected chi connectivity index (χ0v) is 10.2. The van der Waals surface area contributed by atoms with Crippen LogP contribution in [-0.2, 0) is 11.3 Å². The van der Waals surface area contributed by atoms with Crippen LogP contribution in [0.2, 0.25) is 0 Å². The Kier molecular flexibility index (Phi) is 6.12. The summed E-state index contributed by atoms with van der Waals surface area (Å²) in [6, 6.07) is 10.2. The Balaban J connectivity index is 2.15. The number of benzene rings is 1. The van der Waals surface area contributed by atoms with Gasteiger partial charge in [0.2, 0.25) is 0 Å². The highest BCUT2D eigenvalue weighted by Gasteiger charge is 2.07. The average molecular weight is 222 g/mol. The second-order valence-corrected chi connectivity index (χ2v) is 4.63. The highest BCUT2D eigenvalue weighted by atomic mass is 16.5. The van der Waals surface area contributed by atoms with Gasteiger partial charge in [0.15, 0.2) is 0 Å². The summed E-state index contributed by atoms with van der Waals surface area (Å²) in [5.41, 5.74) is 1.21. The molecular formula is C14H22O2. The van der Waals surface area contributed by atoms with E-state index in [0.29, 0.717) is 18.4 Å². The highest BCUT2D eigenvalue weighted by Crippen LogP contribution is 2.12. The van der Waals surface area contributed by atoms with Crippen LogP contribution in [0, 0.1) is 11.8 Å². The third-order valence-corrected chi connectivity index (χ3v) is 2.63. The molecule has 0 unspecified atom stereocenters. The van der Waals surface area contributed by atoms with Crippen molar-refractivity contribution in [1.29, 1.82) is 0 Å². The zero-order chi connectivity index (χ0) is 11.8. The quantitative estimate of drug-likeness (QED) is 0.768. The Labute approximate surface area is 98.3 Å². The molecule has 0 bridgehead atoms. The van der Waals surface area contributed by atoms with Crippen LogP contribution in [0.15, 0.2) is 30.3 Å². The maximum absolute atomic E-state index is 8.95. The van der Waals surface area contributed by atoms with Gasteiger partial charge in [-0.25, -0.2) is 0 Å². The third-order valence-electron chi connectivity index (χ3n) is 2.63. The minimum atomic E-state index is 0.267. The van der Waals surface area contributed by atoms with Gasteiger partial charge in [0.25, 0.3) is 0 Å². The molecule has 2 heteroatoms. The van der Waals surface area contributed by atoms with Crippen molar-refractivity contribution in [2.75, 3.05) is 13.2 Å². The van der Waals surface area contributed by atoms with Crippen LogP contribution in [0.5, 0.6) is 0 Å². The number of hydrogen-bond donors (Lipinski definition) is 1. The second-order valence-electron chi connectivity index (χ2n) is 4.63. The van der Waals surface area contributed by atoms with Gasteiger partial charge >= 0.3 is 0 Å². The van der Waals surface area contributed by atoms with E-state index in [1.54, 1.807) is 0 Å². The molecular weight excluding hydrogens is 200 g/mol. The Hall–Kier alpha value is -0.860. The molecule has 0 saturated carbocycles. The summed E-state index contributed by atoms with van der Waals surface area (Å²) in [4.78, 5) is 0. The largest absolute Gasteiger partial charge is 0.396 e. The fraction of sp³-hybridized carbons (Fsp3) is 0.571. The maximum Gasteiger partial charge on any atom is 0.0717 e. The lowest BCUT2D eigenvalue weighted by Gasteiger charge is -2.15. The summed E-state index contributed by atoms with van der Waals surface area (Å²) in [7, 11) is 0. The molecule has 0 radical (unpaired) electrons. The summed E-state index contributed by atoms with van der Waals surface area (Å²) in [5, 5.41) is 8.95. The van der Waals surface area contributed by atoms with E-state index in [0.717, 1.165) is 13.0 Å². The van der Waals surface area contributed by atoms with Crippen LogP contribution >= 0.6 is 0 Å². The predicted molar refractivity (Wildman–Crippen MR) is 66.1 cm³/mol. The summed E-state index contributed by atoms with van der Waals surface area (Å²) < 4.78 is 5.65. The van der Waals surface area contributed by atoms with Crippen molar-refractivity contribution < 1.29 is 9.84 Å². The number of hydrogen-bond acceptors (Lipinski definition) is 2. The molecule has 1 aromatic rings. The minimum Gasteiger partial charge on any atom is -0.396 e. The van der Waals surface area contributed by atoms with E-state index < -0.39 is 0 Å². The van der Waals surface area contributed by atoms with Gasteiger partial charge in [-0.2, -0.15) is 0 Å². The standard InChI is InChI=1S/C14H22O2/c1-12(9-15)8-13(2)10-16-11-14-6-4-3-5-7-14/h3-7,12-13,15H,8-11H2,1-2H3/t12-,13-/m0/s1. The van der Waals surface area contributed by atoms with E-state index in [4.69, 9.17) is 9.84 Å². The van der Waals surface area contributed by atoms with Crippen LogP contribution in [0.25, 0.3) is 0 Å². The van der Waals surface area contributed by atoms with Gasteiger partial charge in [0, 0.05) is 13.2 Å². The lowest BCUT2D eigenvalue weighted by molar-refractivity contribution is 0.0801. The first kappa shape index (κ1) is 13.2. The molecule has 0 spiro atoms. The summed E-state index contributed by atoms with van der Waals surface area (Å²) in [6.45, 7) is 5.94. The van der Waals surface area contributed by atoms with Gasteiger partial charge in [0.1, 0.15) is 0 Å². The van der Waals surface area contributed by atoms with Crippen molar-refractivity contribution in [3.05, 3.63) is 35.9 Å². The lowest BCUT2D eigenvalue weighted by Crippen LogP contribution is -2.12. The molecule has 1 N–H and O–H groups in total. The molecule has 2 nitrogen and oxygen atoms in total. The van der Waals surface area contributed by atoms with Gasteiger partial charge in [-0.15, -0.1) is 0 Å². The third kappa shape index (κ3) is 5.29. The van der Waals surface area contributed by atoms with E-state index in [-0.39, 0.29) is 6.61 Å². The van der Waals surface area contributed by atoms with Crippen LogP contribution in [0.4, 0.5) is 0 Å². The molecule has 0 fully saturated rings. The van der Waals surface area contributed by atoms with Crippen molar-refractivity contribution in [2.45, 2.75) is 26.9 Å². The van der Waals surface area contributed by atoms with Crippen LogP contribution in [0.1, 0.15) is 25.8 Å². The van der Waals surface area contributed by atoms with Crippen molar-refractivity contribution >= 4 is 0 Å². The van der Waals surface area contributed by atoms with Crippen molar-refractivity contribution in [2.24, 2.45) is 11.8 Å². The molecule has 0 heterocycles. The monoisotopic (exact) mass is 222 g/mol. The van der Waals surface area contributed by atoms with Gasteiger partial charge < -0.3 is 9.84 Å². The van der Waals surface area contributed by atoms with Crippen LogP contribution < -0.4 is 0 Å². The Morgan fingerprint density at radius 3 is 2.44 bits per heavy atom. The fourth-order valence-corrected chi connectivity index (χ4v) is 1.78. The summed E-state index contributed by atoms with van der Waals surface area (Å²) >= 11 is 0. The molecule has 0 saturated heterocycles. The minimum absolute atomic E-state index is 0.267. The van der Waals surface area contributed by atoms with E-state index in [1.165, 1.54) is 5.56 Å². The van der Waals surface area contributed by atoms with Crippen molar-refractivity contribution in [1.82, 2.24) is 0 Å². The topological polar surface area (TPSA) is 29.5 Å². The van der Waals surface area contributed by atoms with Gasteiger partial charge in [-0.1, -0.05) is 44.2 Å². The normalized spacial score (nSPS) is 14.7. The van der Waals surface area contributed by atoms with E-state index in [2.05, 4.69) is 26.0 Å². The Morgan fingerprint density at radius 2 is 1.81 bits per heavy atom. The van der Waals surface area contributed by atoms with Gasteiger partial charge in [-0.05, 0) is 23.8 Å². The lowest BCUT2D eigenvalue weighted by atomic mass is 9.99. The van der Waals surface area contributed by atoms with E-state index in [1.807, 2.05) is 18.2 Å². The smallest absolute Gasteiger partial charge is 0.0717 e. The van der Waals surface area contributed by atoms with Crippen molar-refractivity contribution in [3.8, 4) is 0 Å². The van der Waals surface area contributed by atoms with Gasteiger partial charge in [-0.3, -0.25) is 0 Å². The predicted octanol–water partition coefficient (Wildman–Crippen LogP) is 2.86. The molecule has 0 aliphatic heterocycles. The van der Waals surface area contributed by atoms with Crippen LogP contribution in [0.3, 0.4) is 0 Å². The first-order valence-electron chi connectivity index (χ1n) is 5.95. The highest BCUT2D eigenvalue weighted by molar-refractivity contribution is 5.13. The molecule has 2 atom stereocenters. The Bertz CT molecular complexity index is 271. The SMILES string of the molecule is C[C@H](CO)C[C@H](C)COCc1ccccc1. The Morgan fingerprint density at radius 1 is 1.12 bits per heavy atom. The van der Waals surface area contributed by atoms with Gasteiger partial charge in [0.05, 0.1) is 6.61 Å². The number of aliphatic hydroxyl groups is 1. The van der Waals surface area contributed by atoms with Crippen molar-refractivity contribution in [3.63, 3.8) is 0 Å². The summed E-state index contributed by atoms with van der Waals surface area (Å²) in [6.07, 6.45) is 1.02. The molecule has 0 amide bonds. The van der Waals surface area contributed by atoms with E-state index >= 15 is 0 Å². The number of rotatable bonds is 7. The van der Waals surface area contributed by atoms with E-state index in [9.17, 15) is 0 Å². The fourth-order valence-electron chi connectivity index (χ4n) is 1.78. The number of ether oxygens (including phenoxy) is 1.